The van der Waals surface area contributed by atoms with Crippen LogP contribution < -0.4 is 10.4 Å². The minimum atomic E-state index is -4.04. The molecule has 2 heterocycles. The van der Waals surface area contributed by atoms with Crippen LogP contribution in [0.2, 0.25) is 0 Å². The van der Waals surface area contributed by atoms with Crippen LogP contribution in [0.3, 0.4) is 0 Å². The van der Waals surface area contributed by atoms with Crippen molar-refractivity contribution in [2.45, 2.75) is 51.9 Å². The average molecular weight is 438 g/mol. The number of methoxy groups -OCH3 is 1. The van der Waals surface area contributed by atoms with Gasteiger partial charge in [-0.1, -0.05) is 0 Å². The summed E-state index contributed by atoms with van der Waals surface area (Å²) in [6, 6.07) is -0.906. The Hall–Kier alpha value is -1.36. The van der Waals surface area contributed by atoms with E-state index in [0.29, 0.717) is 19.6 Å². The Bertz CT molecular complexity index is 612. The molecule has 168 valence electrons. The van der Waals surface area contributed by atoms with E-state index in [-0.39, 0.29) is 25.7 Å². The predicted molar refractivity (Wildman–Crippen MR) is 103 cm³/mol. The molecule has 0 bridgehead atoms. The fourth-order valence-corrected chi connectivity index (χ4v) is 5.08. The standard InChI is InChI=1S/C17H31N2O9P/c1-11(16(22)27-12-6-8-25-9-12)19-29(23)26-10-17(2,3)14(28-29)15(21)18-7-5-13(20)24-4/h11-12,14,19,23,29H,5-10H2,1-4H3,(H,18,21)/t11-,12?,14-/m0/s1. The molecular formula is C17H31N2O9P. The van der Waals surface area contributed by atoms with Gasteiger partial charge < -0.3 is 0 Å². The number of carbonyl (C=O) groups excluding carboxylic acids is 3. The summed E-state index contributed by atoms with van der Waals surface area (Å²) in [5, 5.41) is 5.25. The van der Waals surface area contributed by atoms with E-state index in [4.69, 9.17) is 18.5 Å². The first-order chi connectivity index (χ1) is 13.6. The van der Waals surface area contributed by atoms with Crippen LogP contribution in [-0.2, 0) is 37.6 Å². The molecule has 0 spiro atoms. The Morgan fingerprint density at radius 1 is 1.34 bits per heavy atom. The molecule has 2 fully saturated rings. The van der Waals surface area contributed by atoms with Gasteiger partial charge in [-0.05, 0) is 0 Å². The van der Waals surface area contributed by atoms with E-state index in [1.807, 2.05) is 0 Å². The Balaban J connectivity index is 1.93. The maximum absolute atomic E-state index is 12.6. The summed E-state index contributed by atoms with van der Waals surface area (Å²) in [7, 11) is -2.77. The Kier molecular flexibility index (Phi) is 8.33. The second-order valence-electron chi connectivity index (χ2n) is 7.76. The first-order valence-electron chi connectivity index (χ1n) is 9.51. The van der Waals surface area contributed by atoms with Crippen molar-refractivity contribution in [2.24, 2.45) is 5.41 Å². The quantitative estimate of drug-likeness (QED) is 0.345. The predicted octanol–water partition coefficient (Wildman–Crippen LogP) is -0.180. The first-order valence-corrected chi connectivity index (χ1v) is 11.3. The van der Waals surface area contributed by atoms with Crippen molar-refractivity contribution >= 4 is 25.9 Å². The van der Waals surface area contributed by atoms with E-state index in [1.165, 1.54) is 14.0 Å². The van der Waals surface area contributed by atoms with Gasteiger partial charge in [0.25, 0.3) is 0 Å². The number of ether oxygens (including phenoxy) is 3. The van der Waals surface area contributed by atoms with Crippen molar-refractivity contribution < 1.29 is 42.5 Å². The molecule has 0 aromatic rings. The fraction of sp³-hybridized carbons (Fsp3) is 0.824. The van der Waals surface area contributed by atoms with Gasteiger partial charge in [0.05, 0.1) is 0 Å². The molecule has 3 atom stereocenters. The maximum atomic E-state index is 12.6. The Labute approximate surface area is 170 Å². The van der Waals surface area contributed by atoms with Crippen LogP contribution in [0.4, 0.5) is 0 Å². The van der Waals surface area contributed by atoms with Crippen molar-refractivity contribution in [3.05, 3.63) is 0 Å². The molecular weight excluding hydrogens is 407 g/mol. The van der Waals surface area contributed by atoms with Gasteiger partial charge in [-0.2, -0.15) is 0 Å². The minimum absolute atomic E-state index is 0.0135. The molecule has 3 N–H and O–H groups in total. The average Bonchev–Trinajstić information content (AvgIpc) is 3.16. The van der Waals surface area contributed by atoms with Gasteiger partial charge in [0.15, 0.2) is 0 Å². The number of carbonyl (C=O) groups is 3. The number of esters is 2. The third-order valence-corrected chi connectivity index (χ3v) is 6.53. The van der Waals surface area contributed by atoms with E-state index in [1.54, 1.807) is 13.8 Å². The SMILES string of the molecule is COC(=O)CCNC(=O)[C@@H]1O[PH](O)(N[C@@H](C)C(=O)OC2CCOC2)OCC1(C)C. The topological polar surface area (TPSA) is 142 Å². The van der Waals surface area contributed by atoms with Gasteiger partial charge in [-0.3, -0.25) is 0 Å². The molecule has 0 radical (unpaired) electrons. The molecule has 2 aliphatic rings. The van der Waals surface area contributed by atoms with Crippen molar-refractivity contribution in [3.8, 4) is 0 Å². The molecule has 0 aromatic heterocycles. The molecule has 2 rings (SSSR count). The number of nitrogens with one attached hydrogen (secondary N) is 2. The van der Waals surface area contributed by atoms with Crippen LogP contribution in [0.15, 0.2) is 0 Å². The summed E-state index contributed by atoms with van der Waals surface area (Å²) >= 11 is 0. The molecule has 29 heavy (non-hydrogen) atoms. The van der Waals surface area contributed by atoms with Crippen LogP contribution in [0.1, 0.15) is 33.6 Å². The fourth-order valence-electron chi connectivity index (χ4n) is 2.88. The van der Waals surface area contributed by atoms with Crippen molar-refractivity contribution in [2.75, 3.05) is 33.5 Å². The zero-order chi connectivity index (χ0) is 21.7. The van der Waals surface area contributed by atoms with E-state index >= 15 is 0 Å². The third-order valence-electron chi connectivity index (χ3n) is 4.64. The second kappa shape index (κ2) is 10.1. The monoisotopic (exact) mass is 438 g/mol. The molecule has 11 nitrogen and oxygen atoms in total. The molecule has 0 aromatic carbocycles. The van der Waals surface area contributed by atoms with E-state index in [2.05, 4.69) is 15.1 Å². The van der Waals surface area contributed by atoms with Crippen molar-refractivity contribution in [1.29, 1.82) is 0 Å². The van der Waals surface area contributed by atoms with Crippen LogP contribution in [-0.4, -0.2) is 74.5 Å². The summed E-state index contributed by atoms with van der Waals surface area (Å²) in [4.78, 5) is 46.7. The summed E-state index contributed by atoms with van der Waals surface area (Å²) in [5.41, 5.74) is -0.735. The van der Waals surface area contributed by atoms with Crippen molar-refractivity contribution in [3.63, 3.8) is 0 Å². The summed E-state index contributed by atoms with van der Waals surface area (Å²) in [5.74, 6) is -1.52. The summed E-state index contributed by atoms with van der Waals surface area (Å²) in [6.45, 7) is 6.01. The normalized spacial score (nSPS) is 27.5. The molecule has 2 saturated heterocycles. The van der Waals surface area contributed by atoms with Gasteiger partial charge in [0.2, 0.25) is 0 Å². The first kappa shape index (κ1) is 23.9. The number of hydrogen-bond donors (Lipinski definition) is 3. The van der Waals surface area contributed by atoms with Gasteiger partial charge in [0, 0.05) is 0 Å². The Morgan fingerprint density at radius 2 is 2.07 bits per heavy atom. The second-order valence-corrected chi connectivity index (χ2v) is 9.74. The van der Waals surface area contributed by atoms with E-state index < -0.39 is 43.5 Å². The zero-order valence-electron chi connectivity index (χ0n) is 17.2. The van der Waals surface area contributed by atoms with E-state index in [0.717, 1.165) is 0 Å². The summed E-state index contributed by atoms with van der Waals surface area (Å²) < 4.78 is 26.1. The van der Waals surface area contributed by atoms with Crippen LogP contribution in [0.5, 0.6) is 0 Å². The zero-order valence-corrected chi connectivity index (χ0v) is 18.2. The molecule has 2 aliphatic heterocycles. The summed E-state index contributed by atoms with van der Waals surface area (Å²) in [6.07, 6.45) is -0.720. The van der Waals surface area contributed by atoms with Gasteiger partial charge in [-0.15, -0.1) is 0 Å². The number of rotatable bonds is 8. The van der Waals surface area contributed by atoms with E-state index in [9.17, 15) is 19.3 Å². The van der Waals surface area contributed by atoms with Crippen LogP contribution in [0, 0.1) is 5.41 Å². The molecule has 1 unspecified atom stereocenters. The van der Waals surface area contributed by atoms with Crippen LogP contribution in [0.25, 0.3) is 0 Å². The van der Waals surface area contributed by atoms with Gasteiger partial charge in [0.1, 0.15) is 0 Å². The molecule has 0 saturated carbocycles. The Morgan fingerprint density at radius 3 is 2.69 bits per heavy atom. The van der Waals surface area contributed by atoms with Gasteiger partial charge >= 0.3 is 170 Å². The molecule has 1 amide bonds. The molecule has 12 heteroatoms. The molecule has 0 aliphatic carbocycles. The number of hydrogen-bond acceptors (Lipinski definition) is 10. The van der Waals surface area contributed by atoms with Crippen LogP contribution >= 0.6 is 8.09 Å². The number of amides is 1. The van der Waals surface area contributed by atoms with Crippen molar-refractivity contribution in [1.82, 2.24) is 10.4 Å². The third kappa shape index (κ3) is 6.84. The van der Waals surface area contributed by atoms with Gasteiger partial charge in [-0.25, -0.2) is 0 Å².